The lowest BCUT2D eigenvalue weighted by molar-refractivity contribution is -0.147. The maximum atomic E-state index is 2.55. The van der Waals surface area contributed by atoms with Gasteiger partial charge in [0, 0.05) is 12.6 Å². The van der Waals surface area contributed by atoms with Crippen molar-refractivity contribution < 1.29 is 0 Å². The second-order valence-corrected chi connectivity index (χ2v) is 5.56. The number of nitrogens with zero attached hydrogens (tertiary/aromatic N) is 1. The molecule has 4 rings (SSSR count). The van der Waals surface area contributed by atoms with E-state index in [0.29, 0.717) is 0 Å². The predicted molar refractivity (Wildman–Crippen MR) is 50.0 cm³/mol. The van der Waals surface area contributed by atoms with Gasteiger partial charge in [-0.25, -0.2) is 0 Å². The van der Waals surface area contributed by atoms with Crippen LogP contribution in [0, 0.1) is 17.3 Å². The molecule has 0 N–H and O–H groups in total. The normalized spacial score (nSPS) is 58.0. The largest absolute Gasteiger partial charge is 0.303 e. The average Bonchev–Trinajstić information content (AvgIpc) is 2.04. The number of likely N-dealkylation sites (tertiary alicyclic amines) is 1. The van der Waals surface area contributed by atoms with E-state index in [-0.39, 0.29) is 0 Å². The molecule has 3 saturated carbocycles. The van der Waals surface area contributed by atoms with Crippen LogP contribution in [0.5, 0.6) is 0 Å². The van der Waals surface area contributed by atoms with E-state index in [1.807, 2.05) is 0 Å². The Hall–Kier alpha value is -0.0400. The third-order valence-electron chi connectivity index (χ3n) is 4.84. The minimum atomic E-state index is 0.851. The van der Waals surface area contributed by atoms with Crippen molar-refractivity contribution in [1.82, 2.24) is 4.90 Å². The molecule has 0 aromatic rings. The summed E-state index contributed by atoms with van der Waals surface area (Å²) in [6, 6.07) is 0.851. The van der Waals surface area contributed by atoms with Crippen LogP contribution in [-0.2, 0) is 0 Å². The van der Waals surface area contributed by atoms with Crippen LogP contribution >= 0.6 is 0 Å². The average molecular weight is 165 g/mol. The highest BCUT2D eigenvalue weighted by molar-refractivity contribution is 5.11. The highest BCUT2D eigenvalue weighted by Gasteiger charge is 2.61. The van der Waals surface area contributed by atoms with E-state index in [2.05, 4.69) is 18.9 Å². The molecule has 2 atom stereocenters. The van der Waals surface area contributed by atoms with Crippen molar-refractivity contribution in [2.75, 3.05) is 13.6 Å². The first-order valence-electron chi connectivity index (χ1n) is 5.40. The fourth-order valence-corrected chi connectivity index (χ4v) is 3.68. The van der Waals surface area contributed by atoms with Crippen molar-refractivity contribution in [2.24, 2.45) is 17.3 Å². The van der Waals surface area contributed by atoms with E-state index >= 15 is 0 Å². The summed E-state index contributed by atoms with van der Waals surface area (Å²) in [7, 11) is 2.29. The molecule has 0 aromatic carbocycles. The molecular weight excluding hydrogens is 146 g/mol. The van der Waals surface area contributed by atoms with Gasteiger partial charge in [-0.1, -0.05) is 0 Å². The zero-order chi connectivity index (χ0) is 8.34. The van der Waals surface area contributed by atoms with Gasteiger partial charge in [0.2, 0.25) is 0 Å². The molecule has 1 saturated heterocycles. The Morgan fingerprint density at radius 3 is 2.25 bits per heavy atom. The van der Waals surface area contributed by atoms with Gasteiger partial charge in [-0.05, 0) is 56.9 Å². The molecule has 2 unspecified atom stereocenters. The van der Waals surface area contributed by atoms with Crippen molar-refractivity contribution in [3.05, 3.63) is 0 Å². The summed E-state index contributed by atoms with van der Waals surface area (Å²) in [6.07, 6.45) is 6.22. The van der Waals surface area contributed by atoms with E-state index in [1.165, 1.54) is 13.0 Å². The second-order valence-electron chi connectivity index (χ2n) is 5.56. The van der Waals surface area contributed by atoms with Gasteiger partial charge in [0.15, 0.2) is 0 Å². The van der Waals surface area contributed by atoms with Gasteiger partial charge < -0.3 is 4.90 Å². The van der Waals surface area contributed by atoms with Crippen molar-refractivity contribution >= 4 is 0 Å². The van der Waals surface area contributed by atoms with Crippen LogP contribution in [0.25, 0.3) is 0 Å². The van der Waals surface area contributed by atoms with Crippen molar-refractivity contribution in [3.8, 4) is 0 Å². The van der Waals surface area contributed by atoms with Gasteiger partial charge in [0.25, 0.3) is 0 Å². The predicted octanol–water partition coefficient (Wildman–Crippen LogP) is 2.13. The van der Waals surface area contributed by atoms with Gasteiger partial charge in [-0.2, -0.15) is 0 Å². The van der Waals surface area contributed by atoms with Crippen molar-refractivity contribution in [3.63, 3.8) is 0 Å². The summed E-state index contributed by atoms with van der Waals surface area (Å²) in [5.74, 6) is 2.22. The van der Waals surface area contributed by atoms with Crippen LogP contribution in [-0.4, -0.2) is 24.5 Å². The van der Waals surface area contributed by atoms with Gasteiger partial charge in [0.1, 0.15) is 0 Å². The Balaban J connectivity index is 1.71. The van der Waals surface area contributed by atoms with Crippen LogP contribution in [0.1, 0.15) is 32.6 Å². The molecule has 1 nitrogen and oxygen atoms in total. The fourth-order valence-electron chi connectivity index (χ4n) is 3.68. The summed E-state index contributed by atoms with van der Waals surface area (Å²) in [5.41, 5.74) is 0.865. The zero-order valence-electron chi connectivity index (χ0n) is 8.21. The maximum absolute atomic E-state index is 2.55. The molecule has 1 heterocycles. The highest BCUT2D eigenvalue weighted by Crippen LogP contribution is 2.69. The van der Waals surface area contributed by atoms with Gasteiger partial charge in [-0.3, -0.25) is 0 Å². The first kappa shape index (κ1) is 7.37. The summed E-state index contributed by atoms with van der Waals surface area (Å²) in [4.78, 5) is 2.55. The molecule has 0 amide bonds. The van der Waals surface area contributed by atoms with Crippen molar-refractivity contribution in [2.45, 2.75) is 38.6 Å². The molecule has 1 aliphatic heterocycles. The monoisotopic (exact) mass is 165 g/mol. The third-order valence-corrected chi connectivity index (χ3v) is 4.84. The first-order valence-corrected chi connectivity index (χ1v) is 5.40. The quantitative estimate of drug-likeness (QED) is 0.575. The van der Waals surface area contributed by atoms with E-state index in [4.69, 9.17) is 0 Å². The molecule has 2 bridgehead atoms. The Labute approximate surface area is 75.1 Å². The smallest absolute Gasteiger partial charge is 0.00673 e. The molecule has 0 aromatic heterocycles. The minimum absolute atomic E-state index is 0.851. The van der Waals surface area contributed by atoms with Crippen LogP contribution in [0.3, 0.4) is 0 Å². The van der Waals surface area contributed by atoms with E-state index in [1.54, 1.807) is 19.3 Å². The summed E-state index contributed by atoms with van der Waals surface area (Å²) in [6.45, 7) is 3.76. The molecule has 12 heavy (non-hydrogen) atoms. The van der Waals surface area contributed by atoms with Gasteiger partial charge in [-0.15, -0.1) is 0 Å². The molecule has 0 spiro atoms. The Morgan fingerprint density at radius 1 is 1.25 bits per heavy atom. The Morgan fingerprint density at radius 2 is 1.92 bits per heavy atom. The Bertz CT molecular complexity index is 184. The zero-order valence-corrected chi connectivity index (χ0v) is 8.21. The molecule has 3 aliphatic carbocycles. The Kier molecular flexibility index (Phi) is 1.27. The topological polar surface area (TPSA) is 3.24 Å². The van der Waals surface area contributed by atoms with Crippen LogP contribution in [0.4, 0.5) is 0 Å². The highest BCUT2D eigenvalue weighted by atomic mass is 15.2. The van der Waals surface area contributed by atoms with Gasteiger partial charge in [0.05, 0.1) is 0 Å². The van der Waals surface area contributed by atoms with E-state index < -0.39 is 0 Å². The summed E-state index contributed by atoms with van der Waals surface area (Å²) in [5, 5.41) is 0. The van der Waals surface area contributed by atoms with Crippen molar-refractivity contribution in [1.29, 1.82) is 0 Å². The standard InChI is InChI=1S/C11H19N/c1-8-3-10(7-12(8)2)11-4-9(5-11)6-11/h8-10H,3-7H2,1-2H3. The summed E-state index contributed by atoms with van der Waals surface area (Å²) >= 11 is 0. The SMILES string of the molecule is CC1CC(C23CC(C2)C3)CN1C. The lowest BCUT2D eigenvalue weighted by atomic mass is 9.40. The maximum Gasteiger partial charge on any atom is 0.00673 e. The van der Waals surface area contributed by atoms with Crippen LogP contribution in [0.15, 0.2) is 0 Å². The number of hydrogen-bond donors (Lipinski definition) is 0. The molecule has 4 aliphatic rings. The van der Waals surface area contributed by atoms with Crippen LogP contribution in [0.2, 0.25) is 0 Å². The fraction of sp³-hybridized carbons (Fsp3) is 1.00. The van der Waals surface area contributed by atoms with E-state index in [9.17, 15) is 0 Å². The van der Waals surface area contributed by atoms with Gasteiger partial charge >= 0.3 is 0 Å². The lowest BCUT2D eigenvalue weighted by Gasteiger charge is -2.65. The summed E-state index contributed by atoms with van der Waals surface area (Å²) < 4.78 is 0. The molecule has 0 radical (unpaired) electrons. The molecule has 68 valence electrons. The van der Waals surface area contributed by atoms with Crippen LogP contribution < -0.4 is 0 Å². The number of hydrogen-bond acceptors (Lipinski definition) is 1. The molecule has 4 fully saturated rings. The molecular formula is C11H19N. The minimum Gasteiger partial charge on any atom is -0.303 e. The molecule has 1 heteroatoms. The first-order chi connectivity index (χ1) is 5.70. The third kappa shape index (κ3) is 0.736. The number of rotatable bonds is 1. The second kappa shape index (κ2) is 2.06. The lowest BCUT2D eigenvalue weighted by Crippen LogP contribution is -2.56. The van der Waals surface area contributed by atoms with E-state index in [0.717, 1.165) is 23.3 Å².